The van der Waals surface area contributed by atoms with E-state index in [1.807, 2.05) is 75.4 Å². The lowest BCUT2D eigenvalue weighted by molar-refractivity contribution is -0.140. The van der Waals surface area contributed by atoms with Gasteiger partial charge in [0.15, 0.2) is 0 Å². The zero-order valence-electron chi connectivity index (χ0n) is 24.5. The quantitative estimate of drug-likeness (QED) is 0.211. The second-order valence-corrected chi connectivity index (χ2v) is 13.0. The third-order valence-electron chi connectivity index (χ3n) is 6.90. The molecule has 0 saturated heterocycles. The van der Waals surface area contributed by atoms with Gasteiger partial charge in [-0.15, -0.1) is 0 Å². The van der Waals surface area contributed by atoms with Gasteiger partial charge in [-0.3, -0.25) is 13.9 Å². The Hall–Kier alpha value is -4.14. The molecule has 0 spiro atoms. The van der Waals surface area contributed by atoms with E-state index in [1.165, 1.54) is 17.0 Å². The molecule has 4 aromatic carbocycles. The minimum atomic E-state index is -4.16. The molecule has 9 heteroatoms. The zero-order chi connectivity index (χ0) is 31.0. The highest BCUT2D eigenvalue weighted by Gasteiger charge is 2.34. The van der Waals surface area contributed by atoms with Gasteiger partial charge in [-0.2, -0.15) is 0 Å². The summed E-state index contributed by atoms with van der Waals surface area (Å²) in [6.45, 7) is 5.28. The third kappa shape index (κ3) is 8.46. The maximum Gasteiger partial charge on any atom is 0.264 e. The van der Waals surface area contributed by atoms with Crippen molar-refractivity contribution in [2.45, 2.75) is 50.7 Å². The lowest BCUT2D eigenvalue weighted by atomic mass is 10.0. The van der Waals surface area contributed by atoms with E-state index in [9.17, 15) is 18.0 Å². The summed E-state index contributed by atoms with van der Waals surface area (Å²) in [5.41, 5.74) is 3.03. The summed E-state index contributed by atoms with van der Waals surface area (Å²) in [5, 5.41) is 3.39. The van der Waals surface area contributed by atoms with E-state index in [1.54, 1.807) is 42.5 Å². The van der Waals surface area contributed by atoms with Crippen molar-refractivity contribution in [2.75, 3.05) is 10.8 Å². The molecule has 1 N–H and O–H groups in total. The Labute approximate surface area is 259 Å². The van der Waals surface area contributed by atoms with Gasteiger partial charge in [-0.1, -0.05) is 90.0 Å². The zero-order valence-corrected chi connectivity index (χ0v) is 26.1. The summed E-state index contributed by atoms with van der Waals surface area (Å²) >= 11 is 6.11. The molecule has 0 bridgehead atoms. The number of hydrogen-bond donors (Lipinski definition) is 1. The first-order chi connectivity index (χ1) is 20.5. The monoisotopic (exact) mass is 617 g/mol. The van der Waals surface area contributed by atoms with Crippen LogP contribution in [-0.4, -0.2) is 43.8 Å². The molecule has 0 fully saturated rings. The molecule has 0 saturated carbocycles. The number of benzene rings is 4. The molecular weight excluding hydrogens is 582 g/mol. The smallest absolute Gasteiger partial charge is 0.264 e. The standard InChI is InChI=1S/C34H36ClN3O4S/c1-25(2)36-34(40)32(22-27-10-6-4-7-11-27)37(23-28-16-14-26(3)15-17-28)33(39)24-38(30-20-18-29(35)19-21-30)43(41,42)31-12-8-5-9-13-31/h4-21,25,32H,22-24H2,1-3H3,(H,36,40). The van der Waals surface area contributed by atoms with Crippen LogP contribution in [0.5, 0.6) is 0 Å². The Morgan fingerprint density at radius 2 is 1.37 bits per heavy atom. The number of aryl methyl sites for hydroxylation is 1. The Morgan fingerprint density at radius 3 is 1.95 bits per heavy atom. The number of amides is 2. The molecule has 2 amide bonds. The Kier molecular flexibility index (Phi) is 10.6. The minimum Gasteiger partial charge on any atom is -0.352 e. The van der Waals surface area contributed by atoms with E-state index in [2.05, 4.69) is 5.32 Å². The van der Waals surface area contributed by atoms with Gasteiger partial charge >= 0.3 is 0 Å². The van der Waals surface area contributed by atoms with Gasteiger partial charge in [0.1, 0.15) is 12.6 Å². The number of carbonyl (C=O) groups is 2. The molecule has 4 rings (SSSR count). The van der Waals surface area contributed by atoms with Gasteiger partial charge in [0, 0.05) is 24.0 Å². The van der Waals surface area contributed by atoms with Crippen molar-refractivity contribution >= 4 is 39.1 Å². The number of carbonyl (C=O) groups excluding carboxylic acids is 2. The van der Waals surface area contributed by atoms with Crippen LogP contribution in [0.2, 0.25) is 5.02 Å². The molecule has 4 aromatic rings. The number of anilines is 1. The van der Waals surface area contributed by atoms with Crippen molar-refractivity contribution in [3.8, 4) is 0 Å². The van der Waals surface area contributed by atoms with Crippen molar-refractivity contribution in [3.05, 3.63) is 131 Å². The molecule has 43 heavy (non-hydrogen) atoms. The molecule has 0 heterocycles. The maximum absolute atomic E-state index is 14.4. The van der Waals surface area contributed by atoms with Gasteiger partial charge in [0.05, 0.1) is 10.6 Å². The molecule has 0 aliphatic carbocycles. The van der Waals surface area contributed by atoms with E-state index in [-0.39, 0.29) is 35.5 Å². The fourth-order valence-electron chi connectivity index (χ4n) is 4.68. The molecule has 0 aromatic heterocycles. The molecule has 0 radical (unpaired) electrons. The second-order valence-electron chi connectivity index (χ2n) is 10.7. The van der Waals surface area contributed by atoms with Gasteiger partial charge in [-0.25, -0.2) is 8.42 Å². The summed E-state index contributed by atoms with van der Waals surface area (Å²) in [4.78, 5) is 29.6. The fourth-order valence-corrected chi connectivity index (χ4v) is 6.24. The van der Waals surface area contributed by atoms with Crippen LogP contribution in [0.15, 0.2) is 114 Å². The van der Waals surface area contributed by atoms with Crippen molar-refractivity contribution in [1.82, 2.24) is 10.2 Å². The van der Waals surface area contributed by atoms with Crippen molar-refractivity contribution in [1.29, 1.82) is 0 Å². The summed E-state index contributed by atoms with van der Waals surface area (Å²) in [6, 6.07) is 30.4. The molecular formula is C34H36ClN3O4S. The molecule has 0 aliphatic heterocycles. The highest BCUT2D eigenvalue weighted by Crippen LogP contribution is 2.26. The molecule has 1 unspecified atom stereocenters. The van der Waals surface area contributed by atoms with E-state index in [0.29, 0.717) is 5.02 Å². The number of rotatable bonds is 12. The highest BCUT2D eigenvalue weighted by molar-refractivity contribution is 7.92. The van der Waals surface area contributed by atoms with Crippen molar-refractivity contribution < 1.29 is 18.0 Å². The average Bonchev–Trinajstić information content (AvgIpc) is 2.99. The predicted octanol–water partition coefficient (Wildman–Crippen LogP) is 6.01. The van der Waals surface area contributed by atoms with Gasteiger partial charge in [0.2, 0.25) is 11.8 Å². The third-order valence-corrected chi connectivity index (χ3v) is 8.94. The predicted molar refractivity (Wildman–Crippen MR) is 171 cm³/mol. The lowest BCUT2D eigenvalue weighted by Gasteiger charge is -2.34. The van der Waals surface area contributed by atoms with E-state index in [4.69, 9.17) is 11.6 Å². The molecule has 0 aliphatic rings. The van der Waals surface area contributed by atoms with Gasteiger partial charge in [-0.05, 0) is 68.3 Å². The first-order valence-electron chi connectivity index (χ1n) is 14.1. The Balaban J connectivity index is 1.79. The van der Waals surface area contributed by atoms with E-state index >= 15 is 0 Å². The Morgan fingerprint density at radius 1 is 0.791 bits per heavy atom. The SMILES string of the molecule is Cc1ccc(CN(C(=O)CN(c2ccc(Cl)cc2)S(=O)(=O)c2ccccc2)C(Cc2ccccc2)C(=O)NC(C)C)cc1. The summed E-state index contributed by atoms with van der Waals surface area (Å²) in [5.74, 6) is -0.835. The Bertz CT molecular complexity index is 1610. The van der Waals surface area contributed by atoms with Crippen LogP contribution < -0.4 is 9.62 Å². The van der Waals surface area contributed by atoms with Crippen LogP contribution in [0.1, 0.15) is 30.5 Å². The first kappa shape index (κ1) is 31.8. The number of halogens is 1. The summed E-state index contributed by atoms with van der Waals surface area (Å²) in [6.07, 6.45) is 0.253. The normalized spacial score (nSPS) is 12.0. The first-order valence-corrected chi connectivity index (χ1v) is 15.9. The van der Waals surface area contributed by atoms with Gasteiger partial charge in [0.25, 0.3) is 10.0 Å². The second kappa shape index (κ2) is 14.4. The van der Waals surface area contributed by atoms with E-state index in [0.717, 1.165) is 21.0 Å². The molecule has 7 nitrogen and oxygen atoms in total. The lowest BCUT2D eigenvalue weighted by Crippen LogP contribution is -2.54. The number of hydrogen-bond acceptors (Lipinski definition) is 4. The van der Waals surface area contributed by atoms with Crippen molar-refractivity contribution in [3.63, 3.8) is 0 Å². The van der Waals surface area contributed by atoms with Crippen LogP contribution in [0.4, 0.5) is 5.69 Å². The molecule has 224 valence electrons. The molecule has 1 atom stereocenters. The minimum absolute atomic E-state index is 0.0428. The van der Waals surface area contributed by atoms with Crippen molar-refractivity contribution in [2.24, 2.45) is 0 Å². The number of nitrogens with one attached hydrogen (secondary N) is 1. The summed E-state index contributed by atoms with van der Waals surface area (Å²) < 4.78 is 29.0. The van der Waals surface area contributed by atoms with E-state index < -0.39 is 28.5 Å². The van der Waals surface area contributed by atoms with Crippen LogP contribution in [0.3, 0.4) is 0 Å². The largest absolute Gasteiger partial charge is 0.352 e. The average molecular weight is 618 g/mol. The van der Waals surface area contributed by atoms with Crippen LogP contribution in [-0.2, 0) is 32.6 Å². The maximum atomic E-state index is 14.4. The fraction of sp³-hybridized carbons (Fsp3) is 0.235. The van der Waals surface area contributed by atoms with Crippen LogP contribution in [0.25, 0.3) is 0 Å². The topological polar surface area (TPSA) is 86.8 Å². The number of sulfonamides is 1. The number of nitrogens with zero attached hydrogens (tertiary/aromatic N) is 2. The van der Waals surface area contributed by atoms with Crippen LogP contribution >= 0.6 is 11.6 Å². The van der Waals surface area contributed by atoms with Gasteiger partial charge < -0.3 is 10.2 Å². The highest BCUT2D eigenvalue weighted by atomic mass is 35.5. The summed E-state index contributed by atoms with van der Waals surface area (Å²) in [7, 11) is -4.16. The van der Waals surface area contributed by atoms with Crippen LogP contribution in [0, 0.1) is 6.92 Å².